The molecule has 22 heavy (non-hydrogen) atoms. The highest BCUT2D eigenvalue weighted by molar-refractivity contribution is 5.56. The summed E-state index contributed by atoms with van der Waals surface area (Å²) in [5.74, 6) is 1.76. The zero-order valence-corrected chi connectivity index (χ0v) is 12.9. The van der Waals surface area contributed by atoms with Crippen LogP contribution in [0, 0.1) is 0 Å². The Kier molecular flexibility index (Phi) is 3.82. The topological polar surface area (TPSA) is 56.9 Å². The van der Waals surface area contributed by atoms with E-state index in [-0.39, 0.29) is 6.04 Å². The minimum atomic E-state index is 0.0811. The van der Waals surface area contributed by atoms with Gasteiger partial charge in [-0.15, -0.1) is 0 Å². The van der Waals surface area contributed by atoms with Gasteiger partial charge in [0.2, 0.25) is 0 Å². The Morgan fingerprint density at radius 3 is 2.68 bits per heavy atom. The molecule has 0 aliphatic heterocycles. The van der Waals surface area contributed by atoms with Gasteiger partial charge >= 0.3 is 0 Å². The van der Waals surface area contributed by atoms with Crippen LogP contribution >= 0.6 is 0 Å². The van der Waals surface area contributed by atoms with Crippen molar-refractivity contribution in [2.75, 3.05) is 12.4 Å². The van der Waals surface area contributed by atoms with Gasteiger partial charge in [0.15, 0.2) is 0 Å². The number of nitrogens with zero attached hydrogens (tertiary/aromatic N) is 4. The summed E-state index contributed by atoms with van der Waals surface area (Å²) in [4.78, 5) is 4.38. The Balaban J connectivity index is 1.90. The first kappa shape index (κ1) is 14.2. The van der Waals surface area contributed by atoms with E-state index in [1.165, 1.54) is 0 Å². The van der Waals surface area contributed by atoms with Gasteiger partial charge in [0.1, 0.15) is 11.6 Å². The fourth-order valence-electron chi connectivity index (χ4n) is 2.45. The van der Waals surface area contributed by atoms with Gasteiger partial charge in [0, 0.05) is 49.7 Å². The Bertz CT molecular complexity index is 748. The predicted molar refractivity (Wildman–Crippen MR) is 85.4 cm³/mol. The normalized spacial score (nSPS) is 12.1. The van der Waals surface area contributed by atoms with Crippen molar-refractivity contribution in [1.29, 1.82) is 0 Å². The molecule has 0 radical (unpaired) electrons. The van der Waals surface area contributed by atoms with Crippen LogP contribution in [0.15, 0.2) is 49.1 Å². The molecular weight excluding hydrogens is 278 g/mol. The zero-order chi connectivity index (χ0) is 15.5. The molecule has 0 saturated carbocycles. The third kappa shape index (κ3) is 2.81. The first-order chi connectivity index (χ1) is 10.7. The second-order valence-electron chi connectivity index (χ2n) is 5.13. The molecule has 0 bridgehead atoms. The summed E-state index contributed by atoms with van der Waals surface area (Å²) in [6, 6.07) is 7.92. The second kappa shape index (κ2) is 5.93. The lowest BCUT2D eigenvalue weighted by molar-refractivity contribution is 0.414. The second-order valence-corrected chi connectivity index (χ2v) is 5.13. The van der Waals surface area contributed by atoms with Crippen LogP contribution in [0.25, 0.3) is 5.69 Å². The maximum absolute atomic E-state index is 5.39. The molecule has 0 saturated heterocycles. The number of methoxy groups -OCH3 is 1. The van der Waals surface area contributed by atoms with Crippen molar-refractivity contribution in [3.05, 3.63) is 54.9 Å². The van der Waals surface area contributed by atoms with E-state index in [9.17, 15) is 0 Å². The summed E-state index contributed by atoms with van der Waals surface area (Å²) in [5, 5.41) is 7.72. The molecule has 0 aliphatic carbocycles. The molecule has 2 heterocycles. The fraction of sp³-hybridized carbons (Fsp3) is 0.250. The third-order valence-electron chi connectivity index (χ3n) is 3.52. The fourth-order valence-corrected chi connectivity index (χ4v) is 2.45. The van der Waals surface area contributed by atoms with E-state index in [1.54, 1.807) is 24.2 Å². The molecule has 3 aromatic rings. The molecule has 0 spiro atoms. The number of nitrogens with one attached hydrogen (secondary N) is 1. The van der Waals surface area contributed by atoms with Gasteiger partial charge in [0.25, 0.3) is 0 Å². The number of aryl methyl sites for hydroxylation is 1. The van der Waals surface area contributed by atoms with E-state index >= 15 is 0 Å². The van der Waals surface area contributed by atoms with Crippen molar-refractivity contribution in [1.82, 2.24) is 19.3 Å². The summed E-state index contributed by atoms with van der Waals surface area (Å²) in [7, 11) is 3.65. The average Bonchev–Trinajstić information content (AvgIpc) is 3.18. The predicted octanol–water partition coefficient (Wildman–Crippen LogP) is 2.79. The summed E-state index contributed by atoms with van der Waals surface area (Å²) < 4.78 is 9.20. The quantitative estimate of drug-likeness (QED) is 0.787. The number of aromatic nitrogens is 4. The van der Waals surface area contributed by atoms with Crippen LogP contribution < -0.4 is 10.1 Å². The summed E-state index contributed by atoms with van der Waals surface area (Å²) in [5.41, 5.74) is 1.90. The Morgan fingerprint density at radius 2 is 2.05 bits per heavy atom. The minimum Gasteiger partial charge on any atom is -0.497 e. The number of benzene rings is 1. The maximum atomic E-state index is 5.39. The number of ether oxygens (including phenoxy) is 1. The van der Waals surface area contributed by atoms with Crippen LogP contribution in [0.1, 0.15) is 18.8 Å². The van der Waals surface area contributed by atoms with E-state index in [2.05, 4.69) is 22.3 Å². The first-order valence-corrected chi connectivity index (χ1v) is 7.10. The van der Waals surface area contributed by atoms with Gasteiger partial charge in [-0.25, -0.2) is 9.67 Å². The molecule has 114 valence electrons. The lowest BCUT2D eigenvalue weighted by Crippen LogP contribution is -2.12. The van der Waals surface area contributed by atoms with Crippen LogP contribution in [0.3, 0.4) is 0 Å². The number of anilines is 1. The zero-order valence-electron chi connectivity index (χ0n) is 12.9. The number of hydrogen-bond donors (Lipinski definition) is 1. The van der Waals surface area contributed by atoms with E-state index in [0.717, 1.165) is 22.9 Å². The standard InChI is InChI=1S/C16H19N5O/c1-12(16-17-6-8-20(16)2)19-13-9-14(11-15(10-13)22-3)21-7-4-5-18-21/h4-12,19H,1-3H3/t12-/m0/s1. The number of imidazole rings is 1. The molecule has 0 fully saturated rings. The highest BCUT2D eigenvalue weighted by Gasteiger charge is 2.11. The van der Waals surface area contributed by atoms with Gasteiger partial charge in [-0.3, -0.25) is 0 Å². The lowest BCUT2D eigenvalue weighted by atomic mass is 10.2. The molecule has 6 heteroatoms. The summed E-state index contributed by atoms with van der Waals surface area (Å²) in [6.07, 6.45) is 7.40. The summed E-state index contributed by atoms with van der Waals surface area (Å²) in [6.45, 7) is 2.08. The molecule has 1 atom stereocenters. The van der Waals surface area contributed by atoms with Crippen LogP contribution in [-0.2, 0) is 7.05 Å². The SMILES string of the molecule is COc1cc(N[C@@H](C)c2nccn2C)cc(-n2cccn2)c1. The molecule has 3 rings (SSSR count). The van der Waals surface area contributed by atoms with Crippen molar-refractivity contribution in [3.63, 3.8) is 0 Å². The van der Waals surface area contributed by atoms with Crippen molar-refractivity contribution >= 4 is 5.69 Å². The van der Waals surface area contributed by atoms with E-state index < -0.39 is 0 Å². The van der Waals surface area contributed by atoms with Crippen molar-refractivity contribution in [2.45, 2.75) is 13.0 Å². The van der Waals surface area contributed by atoms with Crippen molar-refractivity contribution < 1.29 is 4.74 Å². The van der Waals surface area contributed by atoms with Gasteiger partial charge in [0.05, 0.1) is 18.8 Å². The molecule has 2 aromatic heterocycles. The Morgan fingerprint density at radius 1 is 1.18 bits per heavy atom. The number of rotatable bonds is 5. The van der Waals surface area contributed by atoms with Gasteiger partial charge < -0.3 is 14.6 Å². The molecular formula is C16H19N5O. The lowest BCUT2D eigenvalue weighted by Gasteiger charge is -2.17. The van der Waals surface area contributed by atoms with Gasteiger partial charge in [-0.05, 0) is 19.1 Å². The van der Waals surface area contributed by atoms with Crippen LogP contribution in [-0.4, -0.2) is 26.4 Å². The molecule has 0 aliphatic rings. The maximum Gasteiger partial charge on any atom is 0.130 e. The van der Waals surface area contributed by atoms with Crippen molar-refractivity contribution in [3.8, 4) is 11.4 Å². The van der Waals surface area contributed by atoms with Crippen LogP contribution in [0.4, 0.5) is 5.69 Å². The molecule has 6 nitrogen and oxygen atoms in total. The summed E-state index contributed by atoms with van der Waals surface area (Å²) >= 11 is 0. The minimum absolute atomic E-state index is 0.0811. The van der Waals surface area contributed by atoms with Gasteiger partial charge in [-0.2, -0.15) is 5.10 Å². The van der Waals surface area contributed by atoms with E-state index in [1.807, 2.05) is 48.3 Å². The molecule has 0 unspecified atom stereocenters. The Labute approximate surface area is 129 Å². The molecule has 1 aromatic carbocycles. The van der Waals surface area contributed by atoms with E-state index in [0.29, 0.717) is 0 Å². The smallest absolute Gasteiger partial charge is 0.130 e. The highest BCUT2D eigenvalue weighted by atomic mass is 16.5. The van der Waals surface area contributed by atoms with Crippen molar-refractivity contribution in [2.24, 2.45) is 7.05 Å². The average molecular weight is 297 g/mol. The van der Waals surface area contributed by atoms with E-state index in [4.69, 9.17) is 4.74 Å². The first-order valence-electron chi connectivity index (χ1n) is 7.10. The monoisotopic (exact) mass is 297 g/mol. The molecule has 0 amide bonds. The third-order valence-corrected chi connectivity index (χ3v) is 3.52. The van der Waals surface area contributed by atoms with Crippen LogP contribution in [0.5, 0.6) is 5.75 Å². The number of hydrogen-bond acceptors (Lipinski definition) is 4. The molecule has 1 N–H and O–H groups in total. The highest BCUT2D eigenvalue weighted by Crippen LogP contribution is 2.26. The van der Waals surface area contributed by atoms with Crippen LogP contribution in [0.2, 0.25) is 0 Å². The largest absolute Gasteiger partial charge is 0.497 e. The Hall–Kier alpha value is -2.76. The van der Waals surface area contributed by atoms with Gasteiger partial charge in [-0.1, -0.05) is 0 Å².